The van der Waals surface area contributed by atoms with Gasteiger partial charge in [-0.2, -0.15) is 0 Å². The van der Waals surface area contributed by atoms with Crippen LogP contribution in [0.25, 0.3) is 0 Å². The van der Waals surface area contributed by atoms with E-state index in [2.05, 4.69) is 15.6 Å². The van der Waals surface area contributed by atoms with Gasteiger partial charge in [-0.05, 0) is 73.0 Å². The van der Waals surface area contributed by atoms with Crippen LogP contribution in [-0.4, -0.2) is 31.8 Å². The zero-order valence-corrected chi connectivity index (χ0v) is 21.9. The Balaban J connectivity index is 1.58. The minimum absolute atomic E-state index is 0.0714. The zero-order chi connectivity index (χ0) is 27.1. The van der Waals surface area contributed by atoms with E-state index < -0.39 is 22.5 Å². The predicted molar refractivity (Wildman–Crippen MR) is 147 cm³/mol. The molecule has 194 valence electrons. The van der Waals surface area contributed by atoms with Crippen LogP contribution in [0.5, 0.6) is 0 Å². The molecule has 3 aromatic carbocycles. The molecule has 0 spiro atoms. The lowest BCUT2D eigenvalue weighted by Gasteiger charge is -2.25. The first-order valence-electron chi connectivity index (χ1n) is 12.0. The molecule has 1 heterocycles. The first kappa shape index (κ1) is 26.6. The molecule has 0 radical (unpaired) electrons. The number of sulfonamides is 1. The number of hydrogen-bond acceptors (Lipinski definition) is 5. The number of para-hydroxylation sites is 1. The molecule has 1 aromatic heterocycles. The average molecular weight is 529 g/mol. The molecule has 0 unspecified atom stereocenters. The third kappa shape index (κ3) is 6.43. The van der Waals surface area contributed by atoms with Crippen LogP contribution in [0.3, 0.4) is 0 Å². The Morgan fingerprint density at radius 2 is 1.55 bits per heavy atom. The van der Waals surface area contributed by atoms with Crippen LogP contribution in [0.2, 0.25) is 0 Å². The van der Waals surface area contributed by atoms with Crippen LogP contribution in [0.15, 0.2) is 102 Å². The molecule has 0 aliphatic rings. The van der Waals surface area contributed by atoms with Gasteiger partial charge >= 0.3 is 0 Å². The number of hydrogen-bond donors (Lipinski definition) is 2. The van der Waals surface area contributed by atoms with Gasteiger partial charge in [-0.25, -0.2) is 8.42 Å². The Hall–Kier alpha value is -4.50. The Labute approximate surface area is 222 Å². The van der Waals surface area contributed by atoms with Crippen LogP contribution in [0.1, 0.15) is 27.0 Å². The van der Waals surface area contributed by atoms with Crippen molar-refractivity contribution >= 4 is 33.2 Å². The number of carbonyl (C=O) groups is 2. The molecule has 0 atom stereocenters. The van der Waals surface area contributed by atoms with Gasteiger partial charge in [0.2, 0.25) is 5.91 Å². The second kappa shape index (κ2) is 11.7. The maximum Gasteiger partial charge on any atom is 0.264 e. The molecular formula is C29H28N4O4S. The van der Waals surface area contributed by atoms with Crippen molar-refractivity contribution in [3.05, 3.63) is 120 Å². The lowest BCUT2D eigenvalue weighted by atomic mass is 10.1. The third-order valence-electron chi connectivity index (χ3n) is 5.73. The fraction of sp³-hybridized carbons (Fsp3) is 0.138. The van der Waals surface area contributed by atoms with Gasteiger partial charge in [-0.1, -0.05) is 42.5 Å². The van der Waals surface area contributed by atoms with Gasteiger partial charge in [0, 0.05) is 18.9 Å². The smallest absolute Gasteiger partial charge is 0.264 e. The van der Waals surface area contributed by atoms with Gasteiger partial charge in [0.25, 0.3) is 15.9 Å². The van der Waals surface area contributed by atoms with Crippen molar-refractivity contribution in [2.45, 2.75) is 25.3 Å². The van der Waals surface area contributed by atoms with Gasteiger partial charge in [-0.15, -0.1) is 0 Å². The van der Waals surface area contributed by atoms with Gasteiger partial charge in [0.1, 0.15) is 6.54 Å². The van der Waals surface area contributed by atoms with E-state index >= 15 is 0 Å². The quantitative estimate of drug-likeness (QED) is 0.333. The Morgan fingerprint density at radius 3 is 2.24 bits per heavy atom. The highest BCUT2D eigenvalue weighted by Crippen LogP contribution is 2.26. The number of rotatable bonds is 9. The highest BCUT2D eigenvalue weighted by molar-refractivity contribution is 7.92. The van der Waals surface area contributed by atoms with Crippen molar-refractivity contribution in [1.29, 1.82) is 0 Å². The summed E-state index contributed by atoms with van der Waals surface area (Å²) in [6.45, 7) is 3.52. The Morgan fingerprint density at radius 1 is 0.868 bits per heavy atom. The first-order chi connectivity index (χ1) is 18.2. The van der Waals surface area contributed by atoms with Crippen molar-refractivity contribution in [3.8, 4) is 0 Å². The van der Waals surface area contributed by atoms with Gasteiger partial charge in [0.15, 0.2) is 0 Å². The molecule has 4 rings (SSSR count). The molecule has 0 aliphatic heterocycles. The molecule has 0 saturated carbocycles. The topological polar surface area (TPSA) is 108 Å². The maximum absolute atomic E-state index is 13.6. The molecule has 0 bridgehead atoms. The summed E-state index contributed by atoms with van der Waals surface area (Å²) in [6.07, 6.45) is 3.30. The summed E-state index contributed by atoms with van der Waals surface area (Å²) in [4.78, 5) is 30.2. The predicted octanol–water partition coefficient (Wildman–Crippen LogP) is 4.46. The molecule has 2 amide bonds. The van der Waals surface area contributed by atoms with E-state index in [0.29, 0.717) is 5.69 Å². The number of aryl methyl sites for hydroxylation is 2. The molecule has 4 aromatic rings. The monoisotopic (exact) mass is 528 g/mol. The molecule has 0 fully saturated rings. The summed E-state index contributed by atoms with van der Waals surface area (Å²) < 4.78 is 28.3. The van der Waals surface area contributed by atoms with Crippen LogP contribution in [-0.2, 0) is 21.4 Å². The lowest BCUT2D eigenvalue weighted by Crippen LogP contribution is -2.38. The van der Waals surface area contributed by atoms with Gasteiger partial charge < -0.3 is 10.6 Å². The van der Waals surface area contributed by atoms with Crippen molar-refractivity contribution in [3.63, 3.8) is 0 Å². The number of nitrogens with zero attached hydrogens (tertiary/aromatic N) is 2. The number of carbonyl (C=O) groups excluding carboxylic acids is 2. The fourth-order valence-corrected chi connectivity index (χ4v) is 5.45. The van der Waals surface area contributed by atoms with Crippen molar-refractivity contribution in [2.24, 2.45) is 0 Å². The number of pyridine rings is 1. The maximum atomic E-state index is 13.6. The van der Waals surface area contributed by atoms with E-state index in [9.17, 15) is 18.0 Å². The van der Waals surface area contributed by atoms with Crippen LogP contribution in [0.4, 0.5) is 11.4 Å². The van der Waals surface area contributed by atoms with Crippen LogP contribution in [0, 0.1) is 13.8 Å². The van der Waals surface area contributed by atoms with E-state index in [1.807, 2.05) is 26.0 Å². The highest BCUT2D eigenvalue weighted by atomic mass is 32.2. The molecule has 2 N–H and O–H groups in total. The zero-order valence-electron chi connectivity index (χ0n) is 21.1. The molecule has 9 heteroatoms. The number of benzene rings is 3. The number of anilines is 2. The minimum atomic E-state index is -4.05. The summed E-state index contributed by atoms with van der Waals surface area (Å²) in [5, 5.41) is 5.54. The van der Waals surface area contributed by atoms with E-state index in [4.69, 9.17) is 0 Å². The largest absolute Gasteiger partial charge is 0.348 e. The molecule has 0 aliphatic carbocycles. The second-order valence-corrected chi connectivity index (χ2v) is 10.7. The van der Waals surface area contributed by atoms with Crippen molar-refractivity contribution in [1.82, 2.24) is 10.3 Å². The summed E-state index contributed by atoms with van der Waals surface area (Å²) >= 11 is 0. The molecule has 0 saturated heterocycles. The SMILES string of the molecule is Cc1cc(C)cc(N(CC(=O)Nc2ccccc2C(=O)NCc2cccnc2)S(=O)(=O)c2ccccc2)c1. The second-order valence-electron chi connectivity index (χ2n) is 8.81. The lowest BCUT2D eigenvalue weighted by molar-refractivity contribution is -0.114. The van der Waals surface area contributed by atoms with E-state index in [1.54, 1.807) is 73.1 Å². The molecule has 38 heavy (non-hydrogen) atoms. The van der Waals surface area contributed by atoms with E-state index in [1.165, 1.54) is 12.1 Å². The fourth-order valence-electron chi connectivity index (χ4n) is 4.02. The van der Waals surface area contributed by atoms with Crippen LogP contribution >= 0.6 is 0 Å². The normalized spacial score (nSPS) is 11.0. The number of nitrogens with one attached hydrogen (secondary N) is 2. The number of amides is 2. The van der Waals surface area contributed by atoms with Gasteiger partial charge in [0.05, 0.1) is 21.8 Å². The highest BCUT2D eigenvalue weighted by Gasteiger charge is 2.28. The molecule has 8 nitrogen and oxygen atoms in total. The van der Waals surface area contributed by atoms with Crippen molar-refractivity contribution in [2.75, 3.05) is 16.2 Å². The summed E-state index contributed by atoms with van der Waals surface area (Å²) in [5.74, 6) is -0.969. The minimum Gasteiger partial charge on any atom is -0.348 e. The van der Waals surface area contributed by atoms with Crippen molar-refractivity contribution < 1.29 is 18.0 Å². The third-order valence-corrected chi connectivity index (χ3v) is 7.52. The van der Waals surface area contributed by atoms with Gasteiger partial charge in [-0.3, -0.25) is 18.9 Å². The summed E-state index contributed by atoms with van der Waals surface area (Å²) in [7, 11) is -4.05. The van der Waals surface area contributed by atoms with E-state index in [0.717, 1.165) is 21.0 Å². The summed E-state index contributed by atoms with van der Waals surface area (Å²) in [5.41, 5.74) is 3.47. The van der Waals surface area contributed by atoms with Crippen LogP contribution < -0.4 is 14.9 Å². The molecular weight excluding hydrogens is 500 g/mol. The first-order valence-corrected chi connectivity index (χ1v) is 13.4. The Bertz CT molecular complexity index is 1520. The summed E-state index contributed by atoms with van der Waals surface area (Å²) in [6, 6.07) is 23.5. The van der Waals surface area contributed by atoms with E-state index in [-0.39, 0.29) is 28.6 Å². The number of aromatic nitrogens is 1. The average Bonchev–Trinajstić information content (AvgIpc) is 2.91. The Kier molecular flexibility index (Phi) is 8.18. The standard InChI is InChI=1S/C29H28N4O4S/c1-21-15-22(2)17-24(16-21)33(38(36,37)25-10-4-3-5-11-25)20-28(34)32-27-13-7-6-12-26(27)29(35)31-19-23-9-8-14-30-18-23/h3-18H,19-20H2,1-2H3,(H,31,35)(H,32,34).